The second-order valence-corrected chi connectivity index (χ2v) is 16.7. The lowest BCUT2D eigenvalue weighted by atomic mass is 9.98. The summed E-state index contributed by atoms with van der Waals surface area (Å²) < 4.78 is 89.6. The number of unbranched alkanes of at least 4 members (excludes halogenated alkanes) is 6. The molecule has 3 heterocycles. The number of carbonyl (C=O) groups is 2. The Bertz CT molecular complexity index is 2150. The van der Waals surface area contributed by atoms with E-state index in [-0.39, 0.29) is 53.7 Å². The summed E-state index contributed by atoms with van der Waals surface area (Å²) in [6.07, 6.45) is 11.8. The van der Waals surface area contributed by atoms with Crippen LogP contribution in [-0.4, -0.2) is 62.4 Å². The molecule has 14 nitrogen and oxygen atoms in total. The average Bonchev–Trinajstić information content (AvgIpc) is 3.81. The third-order valence-corrected chi connectivity index (χ3v) is 12.1. The SMILES string of the molecule is C#C[C@]1(CO[P@@](=O)(NC(Cc2cc(F)cc(F)c2)C(=O)OCC(CC)CC)Oc2ccccc2)O[C@@H](n2cnc3c(N)nc(F)nc32)C[C@@H]1OC(=O)CCCCCCCCC. The van der Waals surface area contributed by atoms with Gasteiger partial charge in [0.1, 0.15) is 42.4 Å². The van der Waals surface area contributed by atoms with E-state index in [1.54, 1.807) is 18.2 Å². The summed E-state index contributed by atoms with van der Waals surface area (Å²) in [5.74, 6) is -0.857. The molecule has 330 valence electrons. The van der Waals surface area contributed by atoms with E-state index in [0.29, 0.717) is 25.3 Å². The molecule has 1 aliphatic heterocycles. The maximum absolute atomic E-state index is 15.0. The van der Waals surface area contributed by atoms with Crippen molar-refractivity contribution in [2.24, 2.45) is 5.92 Å². The number of hydrogen-bond donors (Lipinski definition) is 2. The molecule has 1 saturated heterocycles. The fourth-order valence-corrected chi connectivity index (χ4v) is 8.49. The molecule has 2 aromatic heterocycles. The van der Waals surface area contributed by atoms with Crippen LogP contribution in [0.5, 0.6) is 5.75 Å². The van der Waals surface area contributed by atoms with Crippen LogP contribution in [0.1, 0.15) is 103 Å². The molecule has 1 unspecified atom stereocenters. The number of carbonyl (C=O) groups excluding carboxylic acids is 2. The molecule has 0 saturated carbocycles. The number of hydrogen-bond acceptors (Lipinski definition) is 12. The number of nitrogens with zero attached hydrogens (tertiary/aromatic N) is 4. The number of nitrogen functional groups attached to an aromatic ring is 1. The monoisotopic (exact) mass is 870 g/mol. The number of ether oxygens (including phenoxy) is 3. The van der Waals surface area contributed by atoms with Crippen molar-refractivity contribution in [1.29, 1.82) is 0 Å². The smallest absolute Gasteiger partial charge is 0.459 e. The average molecular weight is 871 g/mol. The number of esters is 2. The van der Waals surface area contributed by atoms with Gasteiger partial charge in [-0.15, -0.1) is 6.42 Å². The molecule has 0 amide bonds. The Labute approximate surface area is 354 Å². The van der Waals surface area contributed by atoms with Crippen molar-refractivity contribution in [3.63, 3.8) is 0 Å². The van der Waals surface area contributed by atoms with Crippen LogP contribution in [0.15, 0.2) is 54.9 Å². The lowest BCUT2D eigenvalue weighted by molar-refractivity contribution is -0.158. The molecule has 1 aliphatic rings. The molecule has 0 aliphatic carbocycles. The Kier molecular flexibility index (Phi) is 17.1. The standard InChI is InChI=1S/C43H54F3N6O8P/c1-5-9-10-11-12-13-17-20-37(53)58-35-25-36(52-28-48-38-39(47)49-42(46)50-40(38)52)59-43(35,8-4)27-57-61(55,60-33-18-15-14-16-19-33)51-34(41(54)56-26-29(6-2)7-3)23-30-21-31(44)24-32(45)22-30/h4,14-16,18-19,21-22,24,28-29,34-36H,5-7,9-13,17,20,23,25-27H2,1-3H3,(H,51,55)(H2,47,49,50)/t34?,35-,36+,43+,61-/m0/s1. The van der Waals surface area contributed by atoms with Crippen LogP contribution in [0.2, 0.25) is 0 Å². The molecule has 4 aromatic rings. The summed E-state index contributed by atoms with van der Waals surface area (Å²) in [6, 6.07) is 9.11. The van der Waals surface area contributed by atoms with Gasteiger partial charge in [-0.2, -0.15) is 19.4 Å². The highest BCUT2D eigenvalue weighted by Gasteiger charge is 2.53. The zero-order valence-corrected chi connectivity index (χ0v) is 35.6. The molecule has 3 N–H and O–H groups in total. The van der Waals surface area contributed by atoms with Gasteiger partial charge in [-0.05, 0) is 48.6 Å². The Balaban J connectivity index is 1.46. The second kappa shape index (κ2) is 22.2. The normalized spacial score (nSPS) is 19.0. The van der Waals surface area contributed by atoms with Gasteiger partial charge in [0.2, 0.25) is 0 Å². The molecule has 0 radical (unpaired) electrons. The van der Waals surface area contributed by atoms with Crippen molar-refractivity contribution in [1.82, 2.24) is 24.6 Å². The van der Waals surface area contributed by atoms with E-state index in [1.165, 1.54) is 23.0 Å². The summed E-state index contributed by atoms with van der Waals surface area (Å²) in [5.41, 5.74) is 4.04. The van der Waals surface area contributed by atoms with Crippen LogP contribution in [0.4, 0.5) is 19.0 Å². The van der Waals surface area contributed by atoms with E-state index in [4.69, 9.17) is 35.4 Å². The lowest BCUT2D eigenvalue weighted by Gasteiger charge is -2.31. The second-order valence-electron chi connectivity index (χ2n) is 15.0. The van der Waals surface area contributed by atoms with Crippen LogP contribution < -0.4 is 15.3 Å². The molecule has 0 bridgehead atoms. The van der Waals surface area contributed by atoms with E-state index >= 15 is 4.57 Å². The van der Waals surface area contributed by atoms with Gasteiger partial charge in [-0.3, -0.25) is 18.7 Å². The highest BCUT2D eigenvalue weighted by atomic mass is 31.2. The first-order valence-corrected chi connectivity index (χ1v) is 22.2. The van der Waals surface area contributed by atoms with Gasteiger partial charge in [0.25, 0.3) is 0 Å². The number of anilines is 1. The first kappa shape index (κ1) is 47.0. The highest BCUT2D eigenvalue weighted by Crippen LogP contribution is 2.49. The van der Waals surface area contributed by atoms with Gasteiger partial charge < -0.3 is 24.5 Å². The number of para-hydroxylation sites is 1. The number of rotatable bonds is 24. The zero-order valence-electron chi connectivity index (χ0n) is 34.7. The van der Waals surface area contributed by atoms with E-state index in [1.807, 2.05) is 13.8 Å². The quantitative estimate of drug-likeness (QED) is 0.0225. The number of nitrogens with one attached hydrogen (secondary N) is 1. The maximum Gasteiger partial charge on any atom is 0.459 e. The topological polar surface area (TPSA) is 179 Å². The molecular weight excluding hydrogens is 816 g/mol. The molecule has 61 heavy (non-hydrogen) atoms. The lowest BCUT2D eigenvalue weighted by Crippen LogP contribution is -2.46. The minimum absolute atomic E-state index is 0.0141. The van der Waals surface area contributed by atoms with E-state index in [0.717, 1.165) is 50.7 Å². The van der Waals surface area contributed by atoms with Crippen molar-refractivity contribution >= 4 is 36.7 Å². The molecule has 18 heteroatoms. The Morgan fingerprint density at radius 1 is 1.03 bits per heavy atom. The predicted molar refractivity (Wildman–Crippen MR) is 221 cm³/mol. The van der Waals surface area contributed by atoms with Crippen molar-refractivity contribution < 1.29 is 50.6 Å². The highest BCUT2D eigenvalue weighted by molar-refractivity contribution is 7.52. The summed E-state index contributed by atoms with van der Waals surface area (Å²) >= 11 is 0. The first-order chi connectivity index (χ1) is 29.3. The van der Waals surface area contributed by atoms with Gasteiger partial charge in [-0.25, -0.2) is 18.3 Å². The minimum Gasteiger partial charge on any atom is -0.464 e. The van der Waals surface area contributed by atoms with Gasteiger partial charge in [0.15, 0.2) is 22.6 Å². The molecule has 2 aromatic carbocycles. The fraction of sp³-hybridized carbons (Fsp3) is 0.512. The Morgan fingerprint density at radius 3 is 2.39 bits per heavy atom. The Hall–Kier alpha value is -5.01. The van der Waals surface area contributed by atoms with Crippen LogP contribution in [0.25, 0.3) is 11.2 Å². The number of benzene rings is 2. The third-order valence-electron chi connectivity index (χ3n) is 10.5. The van der Waals surface area contributed by atoms with Gasteiger partial charge >= 0.3 is 25.8 Å². The molecule has 5 rings (SSSR count). The first-order valence-electron chi connectivity index (χ1n) is 20.7. The summed E-state index contributed by atoms with van der Waals surface area (Å²) in [7, 11) is -4.77. The third kappa shape index (κ3) is 13.0. The molecule has 5 atom stereocenters. The van der Waals surface area contributed by atoms with Gasteiger partial charge in [0.05, 0.1) is 12.9 Å². The molecule has 1 fully saturated rings. The zero-order chi connectivity index (χ0) is 44.0. The fourth-order valence-electron chi connectivity index (χ4n) is 6.97. The van der Waals surface area contributed by atoms with Gasteiger partial charge in [-0.1, -0.05) is 96.3 Å². The molecule has 0 spiro atoms. The minimum atomic E-state index is -4.77. The maximum atomic E-state index is 15.0. The summed E-state index contributed by atoms with van der Waals surface area (Å²) in [6.45, 7) is 5.29. The van der Waals surface area contributed by atoms with Crippen molar-refractivity contribution in [2.75, 3.05) is 18.9 Å². The number of aromatic nitrogens is 4. The van der Waals surface area contributed by atoms with Gasteiger partial charge in [0, 0.05) is 18.9 Å². The number of imidazole rings is 1. The number of fused-ring (bicyclic) bond motifs is 1. The summed E-state index contributed by atoms with van der Waals surface area (Å²) in [4.78, 5) is 38.7. The van der Waals surface area contributed by atoms with E-state index in [9.17, 15) is 22.8 Å². The Morgan fingerprint density at radius 2 is 1.72 bits per heavy atom. The number of nitrogens with two attached hydrogens (primary N) is 1. The van der Waals surface area contributed by atoms with Crippen molar-refractivity contribution in [3.8, 4) is 18.1 Å². The number of terminal acetylenes is 1. The van der Waals surface area contributed by atoms with Crippen LogP contribution in [-0.2, 0) is 39.3 Å². The van der Waals surface area contributed by atoms with Crippen LogP contribution >= 0.6 is 7.75 Å². The van der Waals surface area contributed by atoms with Crippen LogP contribution in [0, 0.1) is 36.0 Å². The van der Waals surface area contributed by atoms with Crippen molar-refractivity contribution in [2.45, 2.75) is 122 Å². The van der Waals surface area contributed by atoms with E-state index < -0.39 is 74.4 Å². The number of halogens is 3. The molecular formula is C43H54F3N6O8P. The van der Waals surface area contributed by atoms with E-state index in [2.05, 4.69) is 32.9 Å². The van der Waals surface area contributed by atoms with Crippen LogP contribution in [0.3, 0.4) is 0 Å². The van der Waals surface area contributed by atoms with Crippen molar-refractivity contribution in [3.05, 3.63) is 78.1 Å². The summed E-state index contributed by atoms with van der Waals surface area (Å²) in [5, 5.41) is 2.65. The predicted octanol–water partition coefficient (Wildman–Crippen LogP) is 8.55. The largest absolute Gasteiger partial charge is 0.464 e.